The highest BCUT2D eigenvalue weighted by atomic mass is 16.1. The summed E-state index contributed by atoms with van der Waals surface area (Å²) in [7, 11) is 0. The van der Waals surface area contributed by atoms with Gasteiger partial charge >= 0.3 is 0 Å². The summed E-state index contributed by atoms with van der Waals surface area (Å²) in [6, 6.07) is 39.1. The number of rotatable bonds is 6. The van der Waals surface area contributed by atoms with Gasteiger partial charge < -0.3 is 0 Å². The molecule has 0 aliphatic carbocycles. The number of carbonyl (C=O) groups excluding carboxylic acids is 2. The summed E-state index contributed by atoms with van der Waals surface area (Å²) in [5.41, 5.74) is 4.64. The van der Waals surface area contributed by atoms with Gasteiger partial charge in [0.1, 0.15) is 0 Å². The van der Waals surface area contributed by atoms with Crippen LogP contribution in [0, 0.1) is 0 Å². The van der Waals surface area contributed by atoms with Gasteiger partial charge in [-0.2, -0.15) is 0 Å². The summed E-state index contributed by atoms with van der Waals surface area (Å²) in [5, 5.41) is 0. The molecule has 0 amide bonds. The van der Waals surface area contributed by atoms with Crippen molar-refractivity contribution in [3.8, 4) is 22.5 Å². The fraction of sp³-hybridized carbons (Fsp3) is 0. The standard InChI is InChI=1S/C31H21NO2/c33-30(24-17-9-3-10-18-24)26-21-27(31(34)25-19-11-4-12-20-25)29(23-15-7-2-8-16-23)32-28(26)22-13-5-1-6-14-22/h1-21H. The van der Waals surface area contributed by atoms with Crippen LogP contribution in [-0.2, 0) is 0 Å². The van der Waals surface area contributed by atoms with Crippen molar-refractivity contribution in [2.45, 2.75) is 0 Å². The zero-order chi connectivity index (χ0) is 23.3. The first-order valence-corrected chi connectivity index (χ1v) is 11.1. The maximum absolute atomic E-state index is 13.6. The molecule has 0 spiro atoms. The Morgan fingerprint density at radius 1 is 0.441 bits per heavy atom. The highest BCUT2D eigenvalue weighted by molar-refractivity contribution is 6.17. The van der Waals surface area contributed by atoms with Crippen LogP contribution >= 0.6 is 0 Å². The molecule has 0 radical (unpaired) electrons. The molecule has 0 aliphatic heterocycles. The van der Waals surface area contributed by atoms with Crippen LogP contribution in [0.3, 0.4) is 0 Å². The van der Waals surface area contributed by atoms with E-state index in [1.807, 2.05) is 97.1 Å². The van der Waals surface area contributed by atoms with Crippen molar-refractivity contribution in [2.24, 2.45) is 0 Å². The van der Waals surface area contributed by atoms with Crippen LogP contribution in [0.5, 0.6) is 0 Å². The van der Waals surface area contributed by atoms with E-state index in [4.69, 9.17) is 4.98 Å². The Hall–Kier alpha value is -4.63. The zero-order valence-electron chi connectivity index (χ0n) is 18.4. The molecule has 34 heavy (non-hydrogen) atoms. The van der Waals surface area contributed by atoms with E-state index in [9.17, 15) is 9.59 Å². The minimum absolute atomic E-state index is 0.173. The topological polar surface area (TPSA) is 47.0 Å². The molecule has 3 heteroatoms. The number of hydrogen-bond acceptors (Lipinski definition) is 3. The monoisotopic (exact) mass is 439 g/mol. The number of carbonyl (C=O) groups is 2. The van der Waals surface area contributed by atoms with E-state index in [1.54, 1.807) is 30.3 Å². The lowest BCUT2D eigenvalue weighted by atomic mass is 9.91. The van der Waals surface area contributed by atoms with Crippen LogP contribution in [0.1, 0.15) is 31.8 Å². The highest BCUT2D eigenvalue weighted by Crippen LogP contribution is 2.32. The minimum atomic E-state index is -0.173. The average molecular weight is 440 g/mol. The normalized spacial score (nSPS) is 10.6. The number of nitrogens with zero attached hydrogens (tertiary/aromatic N) is 1. The van der Waals surface area contributed by atoms with E-state index < -0.39 is 0 Å². The van der Waals surface area contributed by atoms with Crippen molar-refractivity contribution >= 4 is 11.6 Å². The van der Waals surface area contributed by atoms with Crippen molar-refractivity contribution in [3.63, 3.8) is 0 Å². The summed E-state index contributed by atoms with van der Waals surface area (Å²) in [4.78, 5) is 32.3. The van der Waals surface area contributed by atoms with Crippen molar-refractivity contribution in [1.29, 1.82) is 0 Å². The zero-order valence-corrected chi connectivity index (χ0v) is 18.4. The molecule has 1 heterocycles. The summed E-state index contributed by atoms with van der Waals surface area (Å²) in [6.07, 6.45) is 0. The Kier molecular flexibility index (Phi) is 5.91. The molecule has 3 nitrogen and oxygen atoms in total. The van der Waals surface area contributed by atoms with E-state index >= 15 is 0 Å². The second-order valence-corrected chi connectivity index (χ2v) is 7.90. The first kappa shape index (κ1) is 21.2. The molecule has 0 aliphatic rings. The Morgan fingerprint density at radius 2 is 0.765 bits per heavy atom. The van der Waals surface area contributed by atoms with Crippen molar-refractivity contribution in [3.05, 3.63) is 150 Å². The number of benzene rings is 4. The van der Waals surface area contributed by atoms with Crippen LogP contribution in [0.25, 0.3) is 22.5 Å². The SMILES string of the molecule is O=C(c1ccccc1)c1cc(C(=O)c2ccccc2)c(-c2ccccc2)nc1-c1ccccc1. The largest absolute Gasteiger partial charge is 0.289 e. The molecule has 0 saturated heterocycles. The van der Waals surface area contributed by atoms with Gasteiger partial charge in [-0.1, -0.05) is 121 Å². The molecule has 0 N–H and O–H groups in total. The maximum Gasteiger partial charge on any atom is 0.195 e. The van der Waals surface area contributed by atoms with Gasteiger partial charge in [-0.3, -0.25) is 9.59 Å². The van der Waals surface area contributed by atoms with E-state index in [2.05, 4.69) is 0 Å². The molecular formula is C31H21NO2. The number of pyridine rings is 1. The number of hydrogen-bond donors (Lipinski definition) is 0. The molecule has 0 saturated carbocycles. The number of ketones is 2. The van der Waals surface area contributed by atoms with Gasteiger partial charge in [0.2, 0.25) is 0 Å². The summed E-state index contributed by atoms with van der Waals surface area (Å²) in [6.45, 7) is 0. The Balaban J connectivity index is 1.80. The molecule has 1 aromatic heterocycles. The van der Waals surface area contributed by atoms with Gasteiger partial charge in [-0.25, -0.2) is 4.98 Å². The Morgan fingerprint density at radius 3 is 1.12 bits per heavy atom. The van der Waals surface area contributed by atoms with Gasteiger partial charge in [0.25, 0.3) is 0 Å². The van der Waals surface area contributed by atoms with Gasteiger partial charge in [-0.05, 0) is 6.07 Å². The Labute approximate surface area is 198 Å². The van der Waals surface area contributed by atoms with Crippen LogP contribution in [-0.4, -0.2) is 16.6 Å². The lowest BCUT2D eigenvalue weighted by Crippen LogP contribution is -2.12. The molecule has 0 atom stereocenters. The first-order chi connectivity index (χ1) is 16.7. The Bertz CT molecular complexity index is 1340. The van der Waals surface area contributed by atoms with E-state index in [-0.39, 0.29) is 11.6 Å². The van der Waals surface area contributed by atoms with Crippen LogP contribution in [0.2, 0.25) is 0 Å². The molecule has 0 fully saturated rings. The summed E-state index contributed by atoms with van der Waals surface area (Å²) >= 11 is 0. The van der Waals surface area contributed by atoms with Crippen molar-refractivity contribution < 1.29 is 9.59 Å². The predicted octanol–water partition coefficient (Wildman–Crippen LogP) is 6.88. The van der Waals surface area contributed by atoms with Gasteiger partial charge in [0.15, 0.2) is 11.6 Å². The lowest BCUT2D eigenvalue weighted by molar-refractivity contribution is 0.103. The summed E-state index contributed by atoms with van der Waals surface area (Å²) < 4.78 is 0. The summed E-state index contributed by atoms with van der Waals surface area (Å²) in [5.74, 6) is -0.345. The van der Waals surface area contributed by atoms with Crippen LogP contribution in [0.15, 0.2) is 127 Å². The third-order valence-corrected chi connectivity index (χ3v) is 5.68. The maximum atomic E-state index is 13.6. The van der Waals surface area contributed by atoms with E-state index in [1.165, 1.54) is 0 Å². The third kappa shape index (κ3) is 4.19. The number of aromatic nitrogens is 1. The smallest absolute Gasteiger partial charge is 0.195 e. The molecule has 5 aromatic rings. The highest BCUT2D eigenvalue weighted by Gasteiger charge is 2.24. The predicted molar refractivity (Wildman–Crippen MR) is 135 cm³/mol. The fourth-order valence-electron chi connectivity index (χ4n) is 3.98. The molecular weight excluding hydrogens is 418 g/mol. The molecule has 4 aromatic carbocycles. The van der Waals surface area contributed by atoms with Crippen LogP contribution < -0.4 is 0 Å². The molecule has 0 unspecified atom stereocenters. The van der Waals surface area contributed by atoms with Gasteiger partial charge in [-0.15, -0.1) is 0 Å². The van der Waals surface area contributed by atoms with Crippen molar-refractivity contribution in [2.75, 3.05) is 0 Å². The quantitative estimate of drug-likeness (QED) is 0.271. The lowest BCUT2D eigenvalue weighted by Gasteiger charge is -2.15. The van der Waals surface area contributed by atoms with Gasteiger partial charge in [0, 0.05) is 33.4 Å². The van der Waals surface area contributed by atoms with E-state index in [0.29, 0.717) is 33.6 Å². The second kappa shape index (κ2) is 9.47. The molecule has 0 bridgehead atoms. The first-order valence-electron chi connectivity index (χ1n) is 11.1. The second-order valence-electron chi connectivity index (χ2n) is 7.90. The molecule has 162 valence electrons. The fourth-order valence-corrected chi connectivity index (χ4v) is 3.98. The minimum Gasteiger partial charge on any atom is -0.289 e. The average Bonchev–Trinajstić information content (AvgIpc) is 2.93. The van der Waals surface area contributed by atoms with Crippen molar-refractivity contribution in [1.82, 2.24) is 4.98 Å². The third-order valence-electron chi connectivity index (χ3n) is 5.68. The van der Waals surface area contributed by atoms with Crippen LogP contribution in [0.4, 0.5) is 0 Å². The molecule has 5 rings (SSSR count). The van der Waals surface area contributed by atoms with Gasteiger partial charge in [0.05, 0.1) is 11.4 Å². The van der Waals surface area contributed by atoms with E-state index in [0.717, 1.165) is 11.1 Å².